The highest BCUT2D eigenvalue weighted by Crippen LogP contribution is 2.30. The van der Waals surface area contributed by atoms with Gasteiger partial charge >= 0.3 is 12.5 Å². The fourth-order valence-corrected chi connectivity index (χ4v) is 2.10. The molecule has 0 aromatic heterocycles. The zero-order valence-electron chi connectivity index (χ0n) is 13.8. The van der Waals surface area contributed by atoms with E-state index in [0.717, 1.165) is 24.3 Å². The number of anilines is 1. The fraction of sp³-hybridized carbons (Fsp3) is 0.176. The van der Waals surface area contributed by atoms with E-state index in [2.05, 4.69) is 15.4 Å². The summed E-state index contributed by atoms with van der Waals surface area (Å²) in [4.78, 5) is 23.8. The van der Waals surface area contributed by atoms with E-state index in [1.165, 1.54) is 18.2 Å². The van der Waals surface area contributed by atoms with Gasteiger partial charge in [0.1, 0.15) is 5.75 Å². The van der Waals surface area contributed by atoms with Gasteiger partial charge in [0.05, 0.1) is 17.7 Å². The van der Waals surface area contributed by atoms with Crippen LogP contribution in [0.2, 0.25) is 0 Å². The third kappa shape index (κ3) is 6.18. The number of para-hydroxylation sites is 1. The minimum Gasteiger partial charge on any atom is -0.405 e. The van der Waals surface area contributed by atoms with E-state index in [-0.39, 0.29) is 5.69 Å². The number of benzene rings is 2. The third-order valence-electron chi connectivity index (χ3n) is 3.24. The zero-order chi connectivity index (χ0) is 20.9. The first kappa shape index (κ1) is 21.1. The van der Waals surface area contributed by atoms with Crippen molar-refractivity contribution in [1.29, 1.82) is 0 Å². The molecule has 28 heavy (non-hydrogen) atoms. The molecule has 150 valence electrons. The second-order valence-electron chi connectivity index (χ2n) is 5.35. The smallest absolute Gasteiger partial charge is 0.405 e. The Bertz CT molecular complexity index is 864. The van der Waals surface area contributed by atoms with Crippen molar-refractivity contribution in [2.45, 2.75) is 12.5 Å². The summed E-state index contributed by atoms with van der Waals surface area (Å²) in [7, 11) is 0. The molecule has 0 saturated heterocycles. The van der Waals surface area contributed by atoms with Crippen molar-refractivity contribution >= 4 is 17.5 Å². The van der Waals surface area contributed by atoms with Crippen molar-refractivity contribution in [2.24, 2.45) is 0 Å². The van der Waals surface area contributed by atoms with E-state index in [1.54, 1.807) is 0 Å². The monoisotopic (exact) mass is 406 g/mol. The largest absolute Gasteiger partial charge is 0.573 e. The molecular formula is C17H12F6N2O3. The molecule has 5 nitrogen and oxygen atoms in total. The van der Waals surface area contributed by atoms with E-state index in [4.69, 9.17) is 0 Å². The number of halogens is 6. The van der Waals surface area contributed by atoms with Crippen LogP contribution >= 0.6 is 0 Å². The number of carbonyl (C=O) groups is 2. The number of amides is 2. The maximum absolute atomic E-state index is 12.6. The molecule has 0 aliphatic heterocycles. The molecule has 11 heteroatoms. The molecule has 0 saturated carbocycles. The van der Waals surface area contributed by atoms with Crippen LogP contribution in [0.1, 0.15) is 15.9 Å². The van der Waals surface area contributed by atoms with E-state index in [1.807, 2.05) is 0 Å². The molecule has 0 bridgehead atoms. The van der Waals surface area contributed by atoms with Crippen LogP contribution in [-0.2, 0) is 11.0 Å². The molecule has 0 atom stereocenters. The van der Waals surface area contributed by atoms with Gasteiger partial charge in [0, 0.05) is 5.69 Å². The maximum atomic E-state index is 12.6. The molecule has 0 aliphatic carbocycles. The number of ether oxygens (including phenoxy) is 1. The van der Waals surface area contributed by atoms with E-state index in [9.17, 15) is 35.9 Å². The molecule has 2 amide bonds. The number of nitrogens with one attached hydrogen (secondary N) is 2. The molecule has 0 radical (unpaired) electrons. The summed E-state index contributed by atoms with van der Waals surface area (Å²) in [6, 6.07) is 8.30. The minimum atomic E-state index is -5.02. The topological polar surface area (TPSA) is 67.4 Å². The standard InChI is InChI=1S/C17H12F6N2O3/c18-16(19,20)10-4-3-5-11(8-10)25-14(26)9-24-15(27)12-6-1-2-7-13(12)28-17(21,22)23/h1-8H,9H2,(H,24,27)(H,25,26). The summed E-state index contributed by atoms with van der Waals surface area (Å²) in [6.45, 7) is -0.685. The van der Waals surface area contributed by atoms with Gasteiger partial charge in [-0.3, -0.25) is 9.59 Å². The maximum Gasteiger partial charge on any atom is 0.573 e. The Labute approximate surface area is 154 Å². The lowest BCUT2D eigenvalue weighted by Gasteiger charge is -2.13. The second kappa shape index (κ2) is 8.19. The first-order valence-corrected chi connectivity index (χ1v) is 7.56. The number of carbonyl (C=O) groups excluding carboxylic acids is 2. The molecule has 0 spiro atoms. The molecule has 2 rings (SSSR count). The Morgan fingerprint density at radius 3 is 2.25 bits per heavy atom. The highest BCUT2D eigenvalue weighted by molar-refractivity contribution is 6.00. The SMILES string of the molecule is O=C(CNC(=O)c1ccccc1OC(F)(F)F)Nc1cccc(C(F)(F)F)c1. The lowest BCUT2D eigenvalue weighted by atomic mass is 10.2. The van der Waals surface area contributed by atoms with Gasteiger partial charge in [-0.1, -0.05) is 18.2 Å². The molecule has 0 unspecified atom stereocenters. The first-order chi connectivity index (χ1) is 13.0. The zero-order valence-corrected chi connectivity index (χ0v) is 13.8. The van der Waals surface area contributed by atoms with Crippen LogP contribution in [0.5, 0.6) is 5.75 Å². The van der Waals surface area contributed by atoms with Crippen molar-refractivity contribution < 1.29 is 40.7 Å². The molecule has 0 heterocycles. The van der Waals surface area contributed by atoms with Gasteiger partial charge in [0.25, 0.3) is 5.91 Å². The quantitative estimate of drug-likeness (QED) is 0.739. The molecule has 2 aromatic carbocycles. The Morgan fingerprint density at radius 1 is 0.929 bits per heavy atom. The Balaban J connectivity index is 1.99. The average molecular weight is 406 g/mol. The predicted octanol–water partition coefficient (Wildman–Crippen LogP) is 3.97. The average Bonchev–Trinajstić information content (AvgIpc) is 2.58. The van der Waals surface area contributed by atoms with E-state index >= 15 is 0 Å². The van der Waals surface area contributed by atoms with Crippen LogP contribution in [0.15, 0.2) is 48.5 Å². The van der Waals surface area contributed by atoms with Crippen molar-refractivity contribution in [1.82, 2.24) is 5.32 Å². The lowest BCUT2D eigenvalue weighted by Crippen LogP contribution is -2.33. The molecule has 0 aliphatic rings. The molecule has 2 aromatic rings. The van der Waals surface area contributed by atoms with Crippen LogP contribution < -0.4 is 15.4 Å². The Hall–Kier alpha value is -3.24. The van der Waals surface area contributed by atoms with Crippen LogP contribution in [0.3, 0.4) is 0 Å². The van der Waals surface area contributed by atoms with E-state index < -0.39 is 47.8 Å². The van der Waals surface area contributed by atoms with Crippen molar-refractivity contribution in [3.05, 3.63) is 59.7 Å². The molecule has 2 N–H and O–H groups in total. The second-order valence-corrected chi connectivity index (χ2v) is 5.35. The molecular weight excluding hydrogens is 394 g/mol. The fourth-order valence-electron chi connectivity index (χ4n) is 2.10. The van der Waals surface area contributed by atoms with Gasteiger partial charge in [-0.05, 0) is 30.3 Å². The predicted molar refractivity (Wildman–Crippen MR) is 85.5 cm³/mol. The first-order valence-electron chi connectivity index (χ1n) is 7.56. The van der Waals surface area contributed by atoms with Crippen LogP contribution in [0.4, 0.5) is 32.0 Å². The normalized spacial score (nSPS) is 11.6. The third-order valence-corrected chi connectivity index (χ3v) is 3.24. The van der Waals surface area contributed by atoms with E-state index in [0.29, 0.717) is 6.07 Å². The van der Waals surface area contributed by atoms with Gasteiger partial charge in [-0.2, -0.15) is 13.2 Å². The van der Waals surface area contributed by atoms with Crippen LogP contribution in [0, 0.1) is 0 Å². The Morgan fingerprint density at radius 2 is 1.61 bits per heavy atom. The van der Waals surface area contributed by atoms with Crippen molar-refractivity contribution in [3.8, 4) is 5.75 Å². The highest BCUT2D eigenvalue weighted by atomic mass is 19.4. The van der Waals surface area contributed by atoms with Gasteiger partial charge in [0.2, 0.25) is 5.91 Å². The van der Waals surface area contributed by atoms with Gasteiger partial charge in [-0.15, -0.1) is 13.2 Å². The lowest BCUT2D eigenvalue weighted by molar-refractivity contribution is -0.274. The summed E-state index contributed by atoms with van der Waals surface area (Å²) in [5, 5.41) is 4.22. The highest BCUT2D eigenvalue weighted by Gasteiger charge is 2.33. The van der Waals surface area contributed by atoms with Crippen LogP contribution in [-0.4, -0.2) is 24.7 Å². The Kier molecular flexibility index (Phi) is 6.16. The summed E-state index contributed by atoms with van der Waals surface area (Å²) < 4.78 is 78.7. The summed E-state index contributed by atoms with van der Waals surface area (Å²) in [5.74, 6) is -2.66. The van der Waals surface area contributed by atoms with Crippen molar-refractivity contribution in [3.63, 3.8) is 0 Å². The van der Waals surface area contributed by atoms with Crippen LogP contribution in [0.25, 0.3) is 0 Å². The molecule has 0 fully saturated rings. The number of alkyl halides is 6. The number of hydrogen-bond donors (Lipinski definition) is 2. The summed E-state index contributed by atoms with van der Waals surface area (Å²) >= 11 is 0. The minimum absolute atomic E-state index is 0.158. The van der Waals surface area contributed by atoms with Crippen molar-refractivity contribution in [2.75, 3.05) is 11.9 Å². The van der Waals surface area contributed by atoms with Gasteiger partial charge in [-0.25, -0.2) is 0 Å². The summed E-state index contributed by atoms with van der Waals surface area (Å²) in [5.41, 5.74) is -1.60. The van der Waals surface area contributed by atoms with Gasteiger partial charge < -0.3 is 15.4 Å². The summed E-state index contributed by atoms with van der Waals surface area (Å²) in [6.07, 6.45) is -9.62. The number of rotatable bonds is 5. The number of hydrogen-bond acceptors (Lipinski definition) is 3. The van der Waals surface area contributed by atoms with Gasteiger partial charge in [0.15, 0.2) is 0 Å².